The van der Waals surface area contributed by atoms with E-state index in [1.807, 2.05) is 24.3 Å². The summed E-state index contributed by atoms with van der Waals surface area (Å²) in [5.41, 5.74) is 6.86. The van der Waals surface area contributed by atoms with Gasteiger partial charge in [0.1, 0.15) is 12.4 Å². The second-order valence-corrected chi connectivity index (χ2v) is 7.01. The van der Waals surface area contributed by atoms with Crippen molar-refractivity contribution in [2.45, 2.75) is 32.9 Å². The van der Waals surface area contributed by atoms with Crippen LogP contribution in [0.3, 0.4) is 0 Å². The van der Waals surface area contributed by atoms with Gasteiger partial charge in [0.2, 0.25) is 0 Å². The predicted octanol–water partition coefficient (Wildman–Crippen LogP) is 3.49. The van der Waals surface area contributed by atoms with Crippen LogP contribution in [0, 0.1) is 5.92 Å². The number of aromatic nitrogens is 2. The molecule has 3 aromatic rings. The maximum absolute atomic E-state index is 12.8. The van der Waals surface area contributed by atoms with Crippen LogP contribution < -0.4 is 16.0 Å². The van der Waals surface area contributed by atoms with Crippen LogP contribution in [-0.4, -0.2) is 22.2 Å². The Morgan fingerprint density at radius 3 is 2.81 bits per heavy atom. The Kier molecular flexibility index (Phi) is 5.38. The molecule has 0 aliphatic rings. The largest absolute Gasteiger partial charge is 0.492 e. The van der Waals surface area contributed by atoms with Crippen LogP contribution in [0.25, 0.3) is 21.7 Å². The number of ether oxygens (including phenoxy) is 1. The SMILES string of the molecule is C=CCn1c(=O)c2cnccc2c2ccc(OCC(N)CC(C)C)cc21. The number of nitrogens with two attached hydrogens (primary N) is 1. The van der Waals surface area contributed by atoms with Crippen LogP contribution in [0.2, 0.25) is 0 Å². The highest BCUT2D eigenvalue weighted by Gasteiger charge is 2.12. The lowest BCUT2D eigenvalue weighted by Crippen LogP contribution is -2.29. The first-order valence-corrected chi connectivity index (χ1v) is 8.90. The molecule has 0 fully saturated rings. The van der Waals surface area contributed by atoms with Crippen molar-refractivity contribution < 1.29 is 4.74 Å². The normalized spacial score (nSPS) is 12.6. The molecular formula is C21H25N3O2. The van der Waals surface area contributed by atoms with Gasteiger partial charge in [-0.25, -0.2) is 0 Å². The van der Waals surface area contributed by atoms with Gasteiger partial charge in [0.15, 0.2) is 0 Å². The maximum Gasteiger partial charge on any atom is 0.260 e. The summed E-state index contributed by atoms with van der Waals surface area (Å²) < 4.78 is 7.58. The molecule has 2 heterocycles. The summed E-state index contributed by atoms with van der Waals surface area (Å²) in [5, 5.41) is 2.49. The molecule has 0 aliphatic heterocycles. The molecule has 0 saturated carbocycles. The zero-order valence-corrected chi connectivity index (χ0v) is 15.3. The van der Waals surface area contributed by atoms with Crippen LogP contribution >= 0.6 is 0 Å². The average Bonchev–Trinajstić information content (AvgIpc) is 2.63. The van der Waals surface area contributed by atoms with E-state index in [1.54, 1.807) is 23.0 Å². The number of pyridine rings is 2. The number of benzene rings is 1. The molecule has 136 valence electrons. The maximum atomic E-state index is 12.8. The summed E-state index contributed by atoms with van der Waals surface area (Å²) in [7, 11) is 0. The van der Waals surface area contributed by atoms with E-state index in [0.717, 1.165) is 22.7 Å². The van der Waals surface area contributed by atoms with Gasteiger partial charge in [0.25, 0.3) is 5.56 Å². The Bertz CT molecular complexity index is 992. The van der Waals surface area contributed by atoms with E-state index in [9.17, 15) is 4.79 Å². The third-order valence-corrected chi connectivity index (χ3v) is 4.40. The molecule has 5 nitrogen and oxygen atoms in total. The fourth-order valence-corrected chi connectivity index (χ4v) is 3.29. The molecule has 5 heteroatoms. The van der Waals surface area contributed by atoms with Crippen molar-refractivity contribution in [3.63, 3.8) is 0 Å². The van der Waals surface area contributed by atoms with Gasteiger partial charge in [-0.05, 0) is 35.9 Å². The quantitative estimate of drug-likeness (QED) is 0.522. The smallest absolute Gasteiger partial charge is 0.260 e. The van der Waals surface area contributed by atoms with Crippen molar-refractivity contribution in [1.29, 1.82) is 0 Å². The highest BCUT2D eigenvalue weighted by atomic mass is 16.5. The molecule has 1 unspecified atom stereocenters. The molecule has 2 aromatic heterocycles. The molecule has 2 N–H and O–H groups in total. The Morgan fingerprint density at radius 1 is 1.27 bits per heavy atom. The molecule has 26 heavy (non-hydrogen) atoms. The zero-order chi connectivity index (χ0) is 18.7. The van der Waals surface area contributed by atoms with Gasteiger partial charge in [-0.2, -0.15) is 0 Å². The van der Waals surface area contributed by atoms with Gasteiger partial charge in [0, 0.05) is 36.4 Å². The third kappa shape index (κ3) is 3.63. The molecule has 0 saturated heterocycles. The first-order chi connectivity index (χ1) is 12.5. The van der Waals surface area contributed by atoms with Crippen LogP contribution in [0.4, 0.5) is 0 Å². The van der Waals surface area contributed by atoms with E-state index in [1.165, 1.54) is 0 Å². The lowest BCUT2D eigenvalue weighted by atomic mass is 10.1. The molecule has 1 atom stereocenters. The van der Waals surface area contributed by atoms with Gasteiger partial charge in [0.05, 0.1) is 10.9 Å². The fraction of sp³-hybridized carbons (Fsp3) is 0.333. The van der Waals surface area contributed by atoms with Gasteiger partial charge < -0.3 is 15.0 Å². The van der Waals surface area contributed by atoms with E-state index in [-0.39, 0.29) is 11.6 Å². The van der Waals surface area contributed by atoms with Crippen molar-refractivity contribution >= 4 is 21.7 Å². The first kappa shape index (κ1) is 18.1. The summed E-state index contributed by atoms with van der Waals surface area (Å²) in [6.07, 6.45) is 5.95. The Morgan fingerprint density at radius 2 is 2.08 bits per heavy atom. The molecule has 0 radical (unpaired) electrons. The predicted molar refractivity (Wildman–Crippen MR) is 107 cm³/mol. The van der Waals surface area contributed by atoms with E-state index < -0.39 is 0 Å². The standard InChI is InChI=1S/C21H25N3O2/c1-4-9-24-20-11-16(26-13-15(22)10-14(2)3)5-6-18(20)17-7-8-23-12-19(17)21(24)25/h4-8,11-12,14-15H,1,9-10,13,22H2,2-3H3. The van der Waals surface area contributed by atoms with E-state index >= 15 is 0 Å². The third-order valence-electron chi connectivity index (χ3n) is 4.40. The van der Waals surface area contributed by atoms with Gasteiger partial charge in [-0.1, -0.05) is 19.9 Å². The monoisotopic (exact) mass is 351 g/mol. The molecular weight excluding hydrogens is 326 g/mol. The summed E-state index contributed by atoms with van der Waals surface area (Å²) in [4.78, 5) is 16.9. The zero-order valence-electron chi connectivity index (χ0n) is 15.3. The number of nitrogens with zero attached hydrogens (tertiary/aromatic N) is 2. The highest BCUT2D eigenvalue weighted by molar-refractivity contribution is 6.05. The van der Waals surface area contributed by atoms with E-state index in [0.29, 0.717) is 30.2 Å². The van der Waals surface area contributed by atoms with Crippen molar-refractivity contribution in [1.82, 2.24) is 9.55 Å². The topological polar surface area (TPSA) is 70.1 Å². The van der Waals surface area contributed by atoms with Gasteiger partial charge in [-0.3, -0.25) is 9.78 Å². The van der Waals surface area contributed by atoms with Crippen molar-refractivity contribution in [2.24, 2.45) is 11.7 Å². The van der Waals surface area contributed by atoms with Gasteiger partial charge >= 0.3 is 0 Å². The number of hydrogen-bond acceptors (Lipinski definition) is 4. The van der Waals surface area contributed by atoms with Crippen LogP contribution in [0.5, 0.6) is 5.75 Å². The second-order valence-electron chi connectivity index (χ2n) is 7.01. The minimum atomic E-state index is -0.0749. The molecule has 0 amide bonds. The summed E-state index contributed by atoms with van der Waals surface area (Å²) in [6, 6.07) is 7.68. The van der Waals surface area contributed by atoms with Crippen molar-refractivity contribution in [2.75, 3.05) is 6.61 Å². The van der Waals surface area contributed by atoms with E-state index in [4.69, 9.17) is 10.5 Å². The van der Waals surface area contributed by atoms with Gasteiger partial charge in [-0.15, -0.1) is 6.58 Å². The van der Waals surface area contributed by atoms with E-state index in [2.05, 4.69) is 25.4 Å². The number of fused-ring (bicyclic) bond motifs is 3. The summed E-state index contributed by atoms with van der Waals surface area (Å²) in [5.74, 6) is 1.24. The van der Waals surface area contributed by atoms with Crippen molar-refractivity contribution in [3.8, 4) is 5.75 Å². The fourth-order valence-electron chi connectivity index (χ4n) is 3.29. The van der Waals surface area contributed by atoms with Crippen LogP contribution in [0.1, 0.15) is 20.3 Å². The number of hydrogen-bond donors (Lipinski definition) is 1. The minimum absolute atomic E-state index is 0.0104. The second kappa shape index (κ2) is 7.70. The minimum Gasteiger partial charge on any atom is -0.492 e. The highest BCUT2D eigenvalue weighted by Crippen LogP contribution is 2.26. The molecule has 3 rings (SSSR count). The summed E-state index contributed by atoms with van der Waals surface area (Å²) in [6.45, 7) is 8.93. The van der Waals surface area contributed by atoms with Crippen LogP contribution in [0.15, 0.2) is 54.1 Å². The summed E-state index contributed by atoms with van der Waals surface area (Å²) >= 11 is 0. The van der Waals surface area contributed by atoms with Crippen molar-refractivity contribution in [3.05, 3.63) is 59.7 Å². The number of rotatable bonds is 7. The molecule has 0 aliphatic carbocycles. The first-order valence-electron chi connectivity index (χ1n) is 8.90. The Hall–Kier alpha value is -2.66. The Labute approximate surface area is 153 Å². The Balaban J connectivity index is 2.05. The molecule has 0 spiro atoms. The van der Waals surface area contributed by atoms with Crippen LogP contribution in [-0.2, 0) is 6.54 Å². The lowest BCUT2D eigenvalue weighted by Gasteiger charge is -2.16. The molecule has 1 aromatic carbocycles. The average molecular weight is 351 g/mol. The lowest BCUT2D eigenvalue weighted by molar-refractivity contribution is 0.271. The number of allylic oxidation sites excluding steroid dienone is 1. The molecule has 0 bridgehead atoms.